The van der Waals surface area contributed by atoms with Crippen molar-refractivity contribution in [3.63, 3.8) is 0 Å². The van der Waals surface area contributed by atoms with Crippen molar-refractivity contribution in [3.05, 3.63) is 47.5 Å². The highest BCUT2D eigenvalue weighted by Crippen LogP contribution is 2.36. The van der Waals surface area contributed by atoms with Gasteiger partial charge in [0.2, 0.25) is 5.91 Å². The van der Waals surface area contributed by atoms with E-state index in [9.17, 15) is 4.79 Å². The SMILES string of the molecule is Cc1ccccc1C1(CNC(=O)C[C@@H]2C=CCC2)CCOCC1. The Morgan fingerprint density at radius 3 is 2.78 bits per heavy atom. The lowest BCUT2D eigenvalue weighted by Gasteiger charge is -2.39. The molecule has 2 aliphatic rings. The van der Waals surface area contributed by atoms with Crippen LogP contribution in [0.2, 0.25) is 0 Å². The second-order valence-electron chi connectivity index (χ2n) is 6.95. The van der Waals surface area contributed by atoms with Crippen molar-refractivity contribution in [1.29, 1.82) is 0 Å². The van der Waals surface area contributed by atoms with Crippen molar-refractivity contribution in [2.45, 2.75) is 44.4 Å². The van der Waals surface area contributed by atoms with E-state index in [1.807, 2.05) is 0 Å². The van der Waals surface area contributed by atoms with Gasteiger partial charge in [-0.3, -0.25) is 4.79 Å². The molecule has 23 heavy (non-hydrogen) atoms. The molecule has 0 radical (unpaired) electrons. The quantitative estimate of drug-likeness (QED) is 0.845. The molecular formula is C20H27NO2. The summed E-state index contributed by atoms with van der Waals surface area (Å²) in [4.78, 5) is 12.3. The number of benzene rings is 1. The number of hydrogen-bond acceptors (Lipinski definition) is 2. The molecule has 0 aromatic heterocycles. The molecular weight excluding hydrogens is 286 g/mol. The smallest absolute Gasteiger partial charge is 0.220 e. The zero-order valence-electron chi connectivity index (χ0n) is 14.0. The molecule has 1 aromatic rings. The third-order valence-corrected chi connectivity index (χ3v) is 5.35. The normalized spacial score (nSPS) is 22.9. The van der Waals surface area contributed by atoms with Crippen LogP contribution in [0, 0.1) is 12.8 Å². The number of amides is 1. The van der Waals surface area contributed by atoms with Crippen LogP contribution >= 0.6 is 0 Å². The van der Waals surface area contributed by atoms with E-state index >= 15 is 0 Å². The lowest BCUT2D eigenvalue weighted by molar-refractivity contribution is -0.122. The van der Waals surface area contributed by atoms with E-state index in [2.05, 4.69) is 48.7 Å². The third kappa shape index (κ3) is 3.84. The molecule has 3 heteroatoms. The molecule has 0 saturated carbocycles. The summed E-state index contributed by atoms with van der Waals surface area (Å²) < 4.78 is 5.58. The minimum Gasteiger partial charge on any atom is -0.381 e. The fourth-order valence-corrected chi connectivity index (χ4v) is 3.91. The second-order valence-corrected chi connectivity index (χ2v) is 6.95. The number of ether oxygens (including phenoxy) is 1. The van der Waals surface area contributed by atoms with Crippen LogP contribution in [0.25, 0.3) is 0 Å². The van der Waals surface area contributed by atoms with Gasteiger partial charge in [0, 0.05) is 31.6 Å². The van der Waals surface area contributed by atoms with Gasteiger partial charge in [0.25, 0.3) is 0 Å². The van der Waals surface area contributed by atoms with Gasteiger partial charge in [-0.25, -0.2) is 0 Å². The Morgan fingerprint density at radius 2 is 2.09 bits per heavy atom. The Hall–Kier alpha value is -1.61. The molecule has 0 spiro atoms. The summed E-state index contributed by atoms with van der Waals surface area (Å²) in [6, 6.07) is 8.56. The first kappa shape index (κ1) is 16.3. The summed E-state index contributed by atoms with van der Waals surface area (Å²) in [6.45, 7) is 4.43. The summed E-state index contributed by atoms with van der Waals surface area (Å²) >= 11 is 0. The van der Waals surface area contributed by atoms with Crippen molar-refractivity contribution >= 4 is 5.91 Å². The van der Waals surface area contributed by atoms with Gasteiger partial charge in [0.15, 0.2) is 0 Å². The van der Waals surface area contributed by atoms with E-state index in [1.165, 1.54) is 11.1 Å². The van der Waals surface area contributed by atoms with Crippen LogP contribution in [0.15, 0.2) is 36.4 Å². The Kier molecular flexibility index (Phi) is 5.16. The number of carbonyl (C=O) groups excluding carboxylic acids is 1. The molecule has 0 bridgehead atoms. The van der Waals surface area contributed by atoms with Gasteiger partial charge < -0.3 is 10.1 Å². The maximum atomic E-state index is 12.3. The zero-order chi connectivity index (χ0) is 16.1. The van der Waals surface area contributed by atoms with Crippen LogP contribution in [0.3, 0.4) is 0 Å². The highest BCUT2D eigenvalue weighted by atomic mass is 16.5. The van der Waals surface area contributed by atoms with Gasteiger partial charge >= 0.3 is 0 Å². The topological polar surface area (TPSA) is 38.3 Å². The monoisotopic (exact) mass is 313 g/mol. The van der Waals surface area contributed by atoms with Gasteiger partial charge in [0.1, 0.15) is 0 Å². The van der Waals surface area contributed by atoms with Gasteiger partial charge in [-0.05, 0) is 49.7 Å². The van der Waals surface area contributed by atoms with Crippen LogP contribution in [0.4, 0.5) is 0 Å². The first-order chi connectivity index (χ1) is 11.2. The predicted molar refractivity (Wildman–Crippen MR) is 92.4 cm³/mol. The molecule has 1 N–H and O–H groups in total. The van der Waals surface area contributed by atoms with E-state index in [0.717, 1.165) is 45.4 Å². The third-order valence-electron chi connectivity index (χ3n) is 5.35. The number of aryl methyl sites for hydroxylation is 1. The zero-order valence-corrected chi connectivity index (χ0v) is 14.0. The Balaban J connectivity index is 1.68. The molecule has 3 nitrogen and oxygen atoms in total. The molecule has 1 aliphatic heterocycles. The van der Waals surface area contributed by atoms with Crippen LogP contribution in [0.1, 0.15) is 43.2 Å². The van der Waals surface area contributed by atoms with Crippen LogP contribution in [0.5, 0.6) is 0 Å². The minimum absolute atomic E-state index is 0.0186. The molecule has 3 rings (SSSR count). The predicted octanol–water partition coefficient (Wildman–Crippen LogP) is 3.52. The lowest BCUT2D eigenvalue weighted by Crippen LogP contribution is -2.45. The van der Waals surface area contributed by atoms with Crippen molar-refractivity contribution in [2.75, 3.05) is 19.8 Å². The van der Waals surface area contributed by atoms with Crippen LogP contribution in [-0.4, -0.2) is 25.7 Å². The molecule has 1 saturated heterocycles. The summed E-state index contributed by atoms with van der Waals surface area (Å²) in [5.74, 6) is 0.611. The first-order valence-corrected chi connectivity index (χ1v) is 8.77. The highest BCUT2D eigenvalue weighted by Gasteiger charge is 2.35. The largest absolute Gasteiger partial charge is 0.381 e. The van der Waals surface area contributed by atoms with E-state index in [-0.39, 0.29) is 11.3 Å². The maximum absolute atomic E-state index is 12.3. The van der Waals surface area contributed by atoms with Gasteiger partial charge in [0.05, 0.1) is 0 Å². The minimum atomic E-state index is 0.0186. The average molecular weight is 313 g/mol. The summed E-state index contributed by atoms with van der Waals surface area (Å²) in [6.07, 6.45) is 9.17. The number of hydrogen-bond donors (Lipinski definition) is 1. The summed E-state index contributed by atoms with van der Waals surface area (Å²) in [5.41, 5.74) is 2.69. The average Bonchev–Trinajstić information content (AvgIpc) is 3.07. The molecule has 1 amide bonds. The lowest BCUT2D eigenvalue weighted by atomic mass is 9.72. The van der Waals surface area contributed by atoms with Gasteiger partial charge in [-0.15, -0.1) is 0 Å². The molecule has 0 unspecified atom stereocenters. The number of carbonyl (C=O) groups is 1. The molecule has 1 atom stereocenters. The molecule has 124 valence electrons. The van der Waals surface area contributed by atoms with Crippen molar-refractivity contribution in [1.82, 2.24) is 5.32 Å². The Morgan fingerprint density at radius 1 is 1.30 bits per heavy atom. The fourth-order valence-electron chi connectivity index (χ4n) is 3.91. The first-order valence-electron chi connectivity index (χ1n) is 8.77. The van der Waals surface area contributed by atoms with Crippen LogP contribution < -0.4 is 5.32 Å². The molecule has 1 aromatic carbocycles. The Labute approximate surface area is 139 Å². The van der Waals surface area contributed by atoms with Crippen molar-refractivity contribution < 1.29 is 9.53 Å². The van der Waals surface area contributed by atoms with Gasteiger partial charge in [-0.1, -0.05) is 36.4 Å². The van der Waals surface area contributed by atoms with E-state index in [0.29, 0.717) is 12.3 Å². The second kappa shape index (κ2) is 7.31. The standard InChI is InChI=1S/C20H27NO2/c1-16-6-2-5-9-18(16)20(10-12-23-13-11-20)15-21-19(22)14-17-7-3-4-8-17/h2-3,5-7,9,17H,4,8,10-15H2,1H3,(H,21,22)/t17-/m1/s1. The number of allylic oxidation sites excluding steroid dienone is 2. The summed E-state index contributed by atoms with van der Waals surface area (Å²) in [5, 5.41) is 3.22. The fraction of sp³-hybridized carbons (Fsp3) is 0.550. The van der Waals surface area contributed by atoms with E-state index in [4.69, 9.17) is 4.74 Å². The molecule has 1 fully saturated rings. The summed E-state index contributed by atoms with van der Waals surface area (Å²) in [7, 11) is 0. The Bertz CT molecular complexity index is 573. The van der Waals surface area contributed by atoms with Gasteiger partial charge in [-0.2, -0.15) is 0 Å². The maximum Gasteiger partial charge on any atom is 0.220 e. The van der Waals surface area contributed by atoms with Crippen LogP contribution in [-0.2, 0) is 14.9 Å². The molecule has 1 aliphatic carbocycles. The highest BCUT2D eigenvalue weighted by molar-refractivity contribution is 5.76. The van der Waals surface area contributed by atoms with Crippen molar-refractivity contribution in [2.24, 2.45) is 5.92 Å². The van der Waals surface area contributed by atoms with E-state index in [1.54, 1.807) is 0 Å². The molecule has 1 heterocycles. The van der Waals surface area contributed by atoms with Crippen molar-refractivity contribution in [3.8, 4) is 0 Å². The van der Waals surface area contributed by atoms with E-state index < -0.39 is 0 Å². The number of nitrogens with one attached hydrogen (secondary N) is 1. The number of rotatable bonds is 5.